The van der Waals surface area contributed by atoms with Crippen LogP contribution in [0.15, 0.2) is 170 Å². The smallest absolute Gasteiger partial charge is 0.161 e. The van der Waals surface area contributed by atoms with Crippen molar-refractivity contribution in [3.05, 3.63) is 170 Å². The summed E-state index contributed by atoms with van der Waals surface area (Å²) in [5, 5.41) is 4.79. The van der Waals surface area contributed by atoms with Crippen molar-refractivity contribution >= 4 is 21.5 Å². The summed E-state index contributed by atoms with van der Waals surface area (Å²) in [6.07, 6.45) is 0. The predicted molar refractivity (Wildman–Crippen MR) is 184 cm³/mol. The minimum absolute atomic E-state index is 0.720. The topological polar surface area (TPSA) is 25.8 Å². The fourth-order valence-electron chi connectivity index (χ4n) is 5.97. The van der Waals surface area contributed by atoms with Gasteiger partial charge in [-0.25, -0.2) is 9.97 Å². The van der Waals surface area contributed by atoms with E-state index in [-0.39, 0.29) is 0 Å². The molecule has 0 aliphatic carbocycles. The van der Waals surface area contributed by atoms with Gasteiger partial charge in [-0.15, -0.1) is 0 Å². The van der Waals surface area contributed by atoms with E-state index >= 15 is 0 Å². The summed E-state index contributed by atoms with van der Waals surface area (Å²) in [6, 6.07) is 59.8. The second kappa shape index (κ2) is 11.1. The lowest BCUT2D eigenvalue weighted by molar-refractivity contribution is 1.19. The summed E-state index contributed by atoms with van der Waals surface area (Å²) >= 11 is 0. The van der Waals surface area contributed by atoms with Crippen LogP contribution in [0.1, 0.15) is 0 Å². The zero-order chi connectivity index (χ0) is 29.3. The SMILES string of the molecule is c1ccc(-c2ccc(-c3cc(-c4cccc(-c5ccc6ccccc6c5)c4)nc(-c4cccc5ccccc45)n3)cc2)cc1. The number of nitrogens with zero attached hydrogens (tertiary/aromatic N) is 2. The molecule has 2 nitrogen and oxygen atoms in total. The van der Waals surface area contributed by atoms with E-state index in [0.717, 1.165) is 44.9 Å². The monoisotopic (exact) mass is 560 g/mol. The van der Waals surface area contributed by atoms with Crippen LogP contribution in [0, 0.1) is 0 Å². The highest BCUT2D eigenvalue weighted by Crippen LogP contribution is 2.34. The van der Waals surface area contributed by atoms with Crippen molar-refractivity contribution < 1.29 is 0 Å². The van der Waals surface area contributed by atoms with E-state index in [9.17, 15) is 0 Å². The molecule has 0 bridgehead atoms. The fourth-order valence-corrected chi connectivity index (χ4v) is 5.97. The van der Waals surface area contributed by atoms with Gasteiger partial charge in [-0.2, -0.15) is 0 Å². The van der Waals surface area contributed by atoms with Crippen LogP contribution in [0.25, 0.3) is 77.7 Å². The maximum atomic E-state index is 5.19. The van der Waals surface area contributed by atoms with E-state index in [1.165, 1.54) is 32.8 Å². The van der Waals surface area contributed by atoms with E-state index in [1.54, 1.807) is 0 Å². The van der Waals surface area contributed by atoms with E-state index in [1.807, 2.05) is 6.07 Å². The molecule has 206 valence electrons. The van der Waals surface area contributed by atoms with Gasteiger partial charge in [0, 0.05) is 16.7 Å². The fraction of sp³-hybridized carbons (Fsp3) is 0. The van der Waals surface area contributed by atoms with E-state index in [0.29, 0.717) is 0 Å². The molecule has 1 heterocycles. The zero-order valence-corrected chi connectivity index (χ0v) is 24.1. The number of fused-ring (bicyclic) bond motifs is 2. The lowest BCUT2D eigenvalue weighted by Gasteiger charge is -2.12. The Balaban J connectivity index is 1.27. The van der Waals surface area contributed by atoms with Crippen LogP contribution in [0.2, 0.25) is 0 Å². The molecule has 0 atom stereocenters. The largest absolute Gasteiger partial charge is 0.228 e. The maximum Gasteiger partial charge on any atom is 0.161 e. The van der Waals surface area contributed by atoms with Crippen LogP contribution >= 0.6 is 0 Å². The molecule has 7 aromatic carbocycles. The molecule has 0 fully saturated rings. The highest BCUT2D eigenvalue weighted by atomic mass is 14.9. The summed E-state index contributed by atoms with van der Waals surface area (Å²) in [5.74, 6) is 0.720. The van der Waals surface area contributed by atoms with Crippen LogP contribution < -0.4 is 0 Å². The minimum Gasteiger partial charge on any atom is -0.228 e. The molecule has 8 aromatic rings. The standard InChI is InChI=1S/C42H28N2/c1-2-10-29(11-3-1)31-20-23-33(24-21-31)40-28-41(44-42(43-40)39-19-9-15-32-13-6-7-18-38(32)39)37-17-8-16-35(27-37)36-25-22-30-12-4-5-14-34(30)26-36/h1-28H. The molecular weight excluding hydrogens is 532 g/mol. The number of benzene rings is 7. The summed E-state index contributed by atoms with van der Waals surface area (Å²) in [7, 11) is 0. The van der Waals surface area contributed by atoms with E-state index in [4.69, 9.17) is 9.97 Å². The van der Waals surface area contributed by atoms with Crippen molar-refractivity contribution in [1.82, 2.24) is 9.97 Å². The van der Waals surface area contributed by atoms with Gasteiger partial charge in [-0.3, -0.25) is 0 Å². The van der Waals surface area contributed by atoms with Crippen molar-refractivity contribution in [2.45, 2.75) is 0 Å². The quantitative estimate of drug-likeness (QED) is 0.209. The molecule has 0 aliphatic rings. The van der Waals surface area contributed by atoms with Crippen LogP contribution in [-0.2, 0) is 0 Å². The summed E-state index contributed by atoms with van der Waals surface area (Å²) in [4.78, 5) is 10.3. The Morgan fingerprint density at radius 3 is 1.68 bits per heavy atom. The van der Waals surface area contributed by atoms with Crippen molar-refractivity contribution in [2.75, 3.05) is 0 Å². The molecule has 0 spiro atoms. The van der Waals surface area contributed by atoms with E-state index < -0.39 is 0 Å². The lowest BCUT2D eigenvalue weighted by Crippen LogP contribution is -1.97. The van der Waals surface area contributed by atoms with Gasteiger partial charge in [0.2, 0.25) is 0 Å². The van der Waals surface area contributed by atoms with Crippen molar-refractivity contribution in [2.24, 2.45) is 0 Å². The van der Waals surface area contributed by atoms with Crippen molar-refractivity contribution in [3.63, 3.8) is 0 Å². The third kappa shape index (κ3) is 4.93. The summed E-state index contributed by atoms with van der Waals surface area (Å²) < 4.78 is 0. The van der Waals surface area contributed by atoms with Gasteiger partial charge in [-0.1, -0.05) is 152 Å². The molecular formula is C42H28N2. The summed E-state index contributed by atoms with van der Waals surface area (Å²) in [6.45, 7) is 0. The Morgan fingerprint density at radius 2 is 0.841 bits per heavy atom. The van der Waals surface area contributed by atoms with Gasteiger partial charge in [0.15, 0.2) is 5.82 Å². The van der Waals surface area contributed by atoms with Crippen LogP contribution in [0.5, 0.6) is 0 Å². The number of hydrogen-bond donors (Lipinski definition) is 0. The second-order valence-corrected chi connectivity index (χ2v) is 11.1. The van der Waals surface area contributed by atoms with E-state index in [2.05, 4.69) is 164 Å². The number of hydrogen-bond acceptors (Lipinski definition) is 2. The maximum absolute atomic E-state index is 5.19. The van der Waals surface area contributed by atoms with Crippen LogP contribution in [-0.4, -0.2) is 9.97 Å². The molecule has 0 radical (unpaired) electrons. The lowest BCUT2D eigenvalue weighted by atomic mass is 9.98. The first-order valence-electron chi connectivity index (χ1n) is 14.9. The predicted octanol–water partition coefficient (Wildman–Crippen LogP) is 11.1. The van der Waals surface area contributed by atoms with Crippen LogP contribution in [0.3, 0.4) is 0 Å². The Labute approximate surface area is 257 Å². The zero-order valence-electron chi connectivity index (χ0n) is 24.1. The Bertz CT molecular complexity index is 2260. The molecule has 2 heteroatoms. The normalized spacial score (nSPS) is 11.2. The number of rotatable bonds is 5. The van der Waals surface area contributed by atoms with Crippen molar-refractivity contribution in [3.8, 4) is 56.2 Å². The minimum atomic E-state index is 0.720. The highest BCUT2D eigenvalue weighted by Gasteiger charge is 2.14. The van der Waals surface area contributed by atoms with Gasteiger partial charge < -0.3 is 0 Å². The van der Waals surface area contributed by atoms with Crippen LogP contribution in [0.4, 0.5) is 0 Å². The van der Waals surface area contributed by atoms with Gasteiger partial charge in [0.25, 0.3) is 0 Å². The first kappa shape index (κ1) is 25.8. The van der Waals surface area contributed by atoms with Crippen molar-refractivity contribution in [1.29, 1.82) is 0 Å². The first-order valence-corrected chi connectivity index (χ1v) is 14.9. The first-order chi connectivity index (χ1) is 21.8. The highest BCUT2D eigenvalue weighted by molar-refractivity contribution is 5.95. The summed E-state index contributed by atoms with van der Waals surface area (Å²) in [5.41, 5.74) is 9.66. The molecule has 1 aromatic heterocycles. The molecule has 0 N–H and O–H groups in total. The Kier molecular flexibility index (Phi) is 6.51. The molecule has 0 aliphatic heterocycles. The third-order valence-electron chi connectivity index (χ3n) is 8.29. The molecule has 8 rings (SSSR count). The molecule has 0 saturated carbocycles. The van der Waals surface area contributed by atoms with Gasteiger partial charge in [-0.05, 0) is 62.0 Å². The third-order valence-corrected chi connectivity index (χ3v) is 8.29. The Hall–Kier alpha value is -5.86. The molecule has 0 amide bonds. The van der Waals surface area contributed by atoms with Gasteiger partial charge in [0.1, 0.15) is 0 Å². The van der Waals surface area contributed by atoms with Gasteiger partial charge in [0.05, 0.1) is 11.4 Å². The average molecular weight is 561 g/mol. The average Bonchev–Trinajstić information content (AvgIpc) is 3.11. The number of aromatic nitrogens is 2. The Morgan fingerprint density at radius 1 is 0.295 bits per heavy atom. The molecule has 0 unspecified atom stereocenters. The second-order valence-electron chi connectivity index (χ2n) is 11.1. The molecule has 0 saturated heterocycles. The van der Waals surface area contributed by atoms with Gasteiger partial charge >= 0.3 is 0 Å². The molecule has 44 heavy (non-hydrogen) atoms.